The molecule has 0 aliphatic carbocycles. The minimum Gasteiger partial charge on any atom is -0.394 e. The quantitative estimate of drug-likeness (QED) is 0.853. The molecule has 5 heteroatoms. The van der Waals surface area contributed by atoms with E-state index in [1.165, 1.54) is 18.5 Å². The highest BCUT2D eigenvalue weighted by atomic mass is 19.1. The molecule has 0 radical (unpaired) electrons. The summed E-state index contributed by atoms with van der Waals surface area (Å²) in [4.78, 5) is 8.14. The summed E-state index contributed by atoms with van der Waals surface area (Å²) in [5.74, 6) is 0.186. The van der Waals surface area contributed by atoms with E-state index in [1.807, 2.05) is 13.8 Å². The average Bonchev–Trinajstić information content (AvgIpc) is 2.30. The maximum absolute atomic E-state index is 13.2. The maximum atomic E-state index is 13.2. The van der Waals surface area contributed by atoms with Crippen LogP contribution in [0.4, 0.5) is 10.2 Å². The van der Waals surface area contributed by atoms with Crippen LogP contribution >= 0.6 is 0 Å². The number of halogens is 1. The zero-order chi connectivity index (χ0) is 12.5. The molecule has 17 heavy (non-hydrogen) atoms. The first kappa shape index (κ1) is 11.7. The lowest BCUT2D eigenvalue weighted by atomic mass is 10.1. The largest absolute Gasteiger partial charge is 0.394 e. The fraction of sp³-hybridized carbons (Fsp3) is 0.333. The number of hydrogen-bond donors (Lipinski definition) is 2. The highest BCUT2D eigenvalue weighted by Gasteiger charge is 2.18. The lowest BCUT2D eigenvalue weighted by Gasteiger charge is -2.24. The predicted octanol–water partition coefficient (Wildman–Crippen LogP) is 1.95. The number of rotatable bonds is 3. The highest BCUT2D eigenvalue weighted by Crippen LogP contribution is 2.22. The number of aromatic nitrogens is 2. The summed E-state index contributed by atoms with van der Waals surface area (Å²) in [5, 5.41) is 12.9. The molecule has 1 heterocycles. The summed E-state index contributed by atoms with van der Waals surface area (Å²) >= 11 is 0. The molecular formula is C12H14FN3O. The van der Waals surface area contributed by atoms with Crippen LogP contribution in [0.15, 0.2) is 24.5 Å². The second-order valence-corrected chi connectivity index (χ2v) is 4.55. The molecule has 0 saturated carbocycles. The zero-order valence-corrected chi connectivity index (χ0v) is 9.74. The van der Waals surface area contributed by atoms with Gasteiger partial charge >= 0.3 is 0 Å². The third kappa shape index (κ3) is 2.50. The number of hydrogen-bond acceptors (Lipinski definition) is 4. The maximum Gasteiger partial charge on any atom is 0.137 e. The van der Waals surface area contributed by atoms with Crippen LogP contribution in [0.3, 0.4) is 0 Å². The Hall–Kier alpha value is -1.75. The predicted molar refractivity (Wildman–Crippen MR) is 64.3 cm³/mol. The number of benzene rings is 1. The molecule has 2 aromatic rings. The molecule has 1 aromatic heterocycles. The number of nitrogens with zero attached hydrogens (tertiary/aromatic N) is 2. The van der Waals surface area contributed by atoms with Gasteiger partial charge in [0.2, 0.25) is 0 Å². The number of aliphatic hydroxyl groups excluding tert-OH is 1. The van der Waals surface area contributed by atoms with Crippen LogP contribution in [-0.2, 0) is 0 Å². The van der Waals surface area contributed by atoms with Crippen molar-refractivity contribution in [2.24, 2.45) is 0 Å². The Balaban J connectivity index is 2.50. The van der Waals surface area contributed by atoms with E-state index in [0.717, 1.165) is 0 Å². The Morgan fingerprint density at radius 2 is 2.12 bits per heavy atom. The monoisotopic (exact) mass is 235 g/mol. The molecule has 0 saturated heterocycles. The number of aliphatic hydroxyl groups is 1. The van der Waals surface area contributed by atoms with Crippen molar-refractivity contribution in [3.8, 4) is 0 Å². The summed E-state index contributed by atoms with van der Waals surface area (Å²) < 4.78 is 13.2. The molecule has 0 atom stereocenters. The molecule has 2 N–H and O–H groups in total. The van der Waals surface area contributed by atoms with Gasteiger partial charge in [-0.2, -0.15) is 0 Å². The van der Waals surface area contributed by atoms with Crippen molar-refractivity contribution in [1.29, 1.82) is 0 Å². The molecule has 90 valence electrons. The number of nitrogens with one attached hydrogen (secondary N) is 1. The SMILES string of the molecule is CC(C)(CO)Nc1ncnc2ccc(F)cc12. The van der Waals surface area contributed by atoms with Gasteiger partial charge in [0.15, 0.2) is 0 Å². The van der Waals surface area contributed by atoms with Gasteiger partial charge in [-0.25, -0.2) is 14.4 Å². The van der Waals surface area contributed by atoms with E-state index in [1.54, 1.807) is 6.07 Å². The fourth-order valence-corrected chi connectivity index (χ4v) is 1.49. The van der Waals surface area contributed by atoms with Crippen LogP contribution in [-0.4, -0.2) is 27.2 Å². The van der Waals surface area contributed by atoms with E-state index in [-0.39, 0.29) is 12.4 Å². The third-order valence-electron chi connectivity index (χ3n) is 2.45. The first-order valence-corrected chi connectivity index (χ1v) is 5.31. The van der Waals surface area contributed by atoms with Gasteiger partial charge in [0.25, 0.3) is 0 Å². The van der Waals surface area contributed by atoms with E-state index < -0.39 is 5.54 Å². The lowest BCUT2D eigenvalue weighted by molar-refractivity contribution is 0.234. The van der Waals surface area contributed by atoms with Crippen molar-refractivity contribution in [3.63, 3.8) is 0 Å². The molecule has 0 spiro atoms. The van der Waals surface area contributed by atoms with Crippen molar-refractivity contribution in [3.05, 3.63) is 30.3 Å². The summed E-state index contributed by atoms with van der Waals surface area (Å²) in [7, 11) is 0. The third-order valence-corrected chi connectivity index (χ3v) is 2.45. The molecule has 0 fully saturated rings. The van der Waals surface area contributed by atoms with E-state index in [2.05, 4.69) is 15.3 Å². The minimum atomic E-state index is -0.520. The summed E-state index contributed by atoms with van der Waals surface area (Å²) in [6.07, 6.45) is 1.41. The van der Waals surface area contributed by atoms with Crippen molar-refractivity contribution in [1.82, 2.24) is 9.97 Å². The number of anilines is 1. The molecule has 1 aromatic carbocycles. The first-order chi connectivity index (χ1) is 8.02. The van der Waals surface area contributed by atoms with Crippen molar-refractivity contribution < 1.29 is 9.50 Å². The van der Waals surface area contributed by atoms with Gasteiger partial charge in [-0.05, 0) is 32.0 Å². The van der Waals surface area contributed by atoms with E-state index in [4.69, 9.17) is 0 Å². The second kappa shape index (κ2) is 4.25. The van der Waals surface area contributed by atoms with Gasteiger partial charge in [-0.1, -0.05) is 0 Å². The first-order valence-electron chi connectivity index (χ1n) is 5.31. The van der Waals surface area contributed by atoms with Crippen molar-refractivity contribution in [2.45, 2.75) is 19.4 Å². The van der Waals surface area contributed by atoms with E-state index in [9.17, 15) is 9.50 Å². The summed E-state index contributed by atoms with van der Waals surface area (Å²) in [5.41, 5.74) is 0.144. The normalized spacial score (nSPS) is 11.8. The molecular weight excluding hydrogens is 221 g/mol. The summed E-state index contributed by atoms with van der Waals surface area (Å²) in [6, 6.07) is 4.34. The smallest absolute Gasteiger partial charge is 0.137 e. The van der Waals surface area contributed by atoms with Crippen LogP contribution in [0.25, 0.3) is 10.9 Å². The highest BCUT2D eigenvalue weighted by molar-refractivity contribution is 5.89. The minimum absolute atomic E-state index is 0.0478. The van der Waals surface area contributed by atoms with Crippen LogP contribution < -0.4 is 5.32 Å². The van der Waals surface area contributed by atoms with Crippen LogP contribution in [0, 0.1) is 5.82 Å². The Morgan fingerprint density at radius 1 is 1.35 bits per heavy atom. The van der Waals surface area contributed by atoms with Crippen LogP contribution in [0.1, 0.15) is 13.8 Å². The average molecular weight is 235 g/mol. The molecule has 0 aliphatic heterocycles. The molecule has 0 bridgehead atoms. The van der Waals surface area contributed by atoms with Crippen LogP contribution in [0.5, 0.6) is 0 Å². The van der Waals surface area contributed by atoms with Gasteiger partial charge in [-0.15, -0.1) is 0 Å². The van der Waals surface area contributed by atoms with Gasteiger partial charge in [0.05, 0.1) is 17.7 Å². The van der Waals surface area contributed by atoms with Gasteiger partial charge < -0.3 is 10.4 Å². The van der Waals surface area contributed by atoms with E-state index in [0.29, 0.717) is 16.7 Å². The van der Waals surface area contributed by atoms with E-state index >= 15 is 0 Å². The van der Waals surface area contributed by atoms with Gasteiger partial charge in [0, 0.05) is 5.39 Å². The molecule has 0 aliphatic rings. The molecule has 0 amide bonds. The fourth-order valence-electron chi connectivity index (χ4n) is 1.49. The zero-order valence-electron chi connectivity index (χ0n) is 9.74. The van der Waals surface area contributed by atoms with Crippen molar-refractivity contribution >= 4 is 16.7 Å². The Bertz CT molecular complexity index is 542. The Kier molecular flexibility index (Phi) is 2.93. The molecule has 2 rings (SSSR count). The lowest BCUT2D eigenvalue weighted by Crippen LogP contribution is -2.35. The second-order valence-electron chi connectivity index (χ2n) is 4.55. The van der Waals surface area contributed by atoms with Crippen molar-refractivity contribution in [2.75, 3.05) is 11.9 Å². The Morgan fingerprint density at radius 3 is 2.82 bits per heavy atom. The Labute approximate surface area is 98.5 Å². The molecule has 0 unspecified atom stereocenters. The number of fused-ring (bicyclic) bond motifs is 1. The standard InChI is InChI=1S/C12H14FN3O/c1-12(2,6-17)16-11-9-5-8(13)3-4-10(9)14-7-15-11/h3-5,7,17H,6H2,1-2H3,(H,14,15,16). The topological polar surface area (TPSA) is 58.0 Å². The summed E-state index contributed by atoms with van der Waals surface area (Å²) in [6.45, 7) is 3.62. The van der Waals surface area contributed by atoms with Crippen LogP contribution in [0.2, 0.25) is 0 Å². The molecule has 4 nitrogen and oxygen atoms in total. The van der Waals surface area contributed by atoms with Gasteiger partial charge in [0.1, 0.15) is 18.0 Å². The van der Waals surface area contributed by atoms with Gasteiger partial charge in [-0.3, -0.25) is 0 Å².